The Morgan fingerprint density at radius 3 is 2.14 bits per heavy atom. The molecule has 144 valence electrons. The van der Waals surface area contributed by atoms with Gasteiger partial charge in [0.2, 0.25) is 0 Å². The van der Waals surface area contributed by atoms with Crippen LogP contribution < -0.4 is 0 Å². The summed E-state index contributed by atoms with van der Waals surface area (Å²) in [6, 6.07) is 18.3. The molecule has 0 N–H and O–H groups in total. The Bertz CT molecular complexity index is 881. The van der Waals surface area contributed by atoms with Gasteiger partial charge in [-0.3, -0.25) is 4.99 Å². The molecule has 0 amide bonds. The summed E-state index contributed by atoms with van der Waals surface area (Å²) >= 11 is 0. The van der Waals surface area contributed by atoms with Crippen molar-refractivity contribution in [2.75, 3.05) is 6.61 Å². The fourth-order valence-electron chi connectivity index (χ4n) is 3.85. The summed E-state index contributed by atoms with van der Waals surface area (Å²) in [5.74, 6) is -4.30. The third-order valence-corrected chi connectivity index (χ3v) is 5.31. The van der Waals surface area contributed by atoms with Gasteiger partial charge in [0.25, 0.3) is 5.92 Å². The third kappa shape index (κ3) is 3.37. The molecule has 28 heavy (non-hydrogen) atoms. The van der Waals surface area contributed by atoms with E-state index in [0.29, 0.717) is 5.71 Å². The number of carbonyl (C=O) groups is 1. The van der Waals surface area contributed by atoms with Crippen LogP contribution in [0.4, 0.5) is 8.78 Å². The largest absolute Gasteiger partial charge is 0.464 e. The summed E-state index contributed by atoms with van der Waals surface area (Å²) in [6.07, 6.45) is 1.76. The van der Waals surface area contributed by atoms with Crippen LogP contribution in [-0.4, -0.2) is 30.3 Å². The van der Waals surface area contributed by atoms with E-state index in [1.165, 1.54) is 6.08 Å². The average Bonchev–Trinajstić information content (AvgIpc) is 3.05. The van der Waals surface area contributed by atoms with Crippen LogP contribution in [0.3, 0.4) is 0 Å². The number of hydrogen-bond donors (Lipinski definition) is 0. The van der Waals surface area contributed by atoms with E-state index in [4.69, 9.17) is 9.73 Å². The van der Waals surface area contributed by atoms with Gasteiger partial charge in [-0.2, -0.15) is 0 Å². The normalized spacial score (nSPS) is 22.6. The molecule has 3 nitrogen and oxygen atoms in total. The second kappa shape index (κ2) is 7.30. The second-order valence-electron chi connectivity index (χ2n) is 7.10. The van der Waals surface area contributed by atoms with E-state index in [1.54, 1.807) is 6.92 Å². The number of carbonyl (C=O) groups excluding carboxylic acids is 1. The molecular weight excluding hydrogens is 360 g/mol. The highest BCUT2D eigenvalue weighted by Crippen LogP contribution is 2.62. The van der Waals surface area contributed by atoms with Crippen molar-refractivity contribution in [3.63, 3.8) is 0 Å². The minimum absolute atomic E-state index is 0.142. The molecule has 0 heterocycles. The van der Waals surface area contributed by atoms with E-state index >= 15 is 0 Å². The number of halogens is 2. The fraction of sp³-hybridized carbons (Fsp3) is 0.304. The molecule has 0 spiro atoms. The Hall–Kier alpha value is -2.82. The van der Waals surface area contributed by atoms with Crippen molar-refractivity contribution in [3.05, 3.63) is 83.4 Å². The van der Waals surface area contributed by atoms with Crippen molar-refractivity contribution in [1.82, 2.24) is 0 Å². The first-order valence-electron chi connectivity index (χ1n) is 9.47. The molecule has 1 fully saturated rings. The van der Waals surface area contributed by atoms with E-state index in [-0.39, 0.29) is 24.5 Å². The predicted octanol–water partition coefficient (Wildman–Crippen LogP) is 4.67. The average molecular weight is 381 g/mol. The number of alkyl halides is 2. The van der Waals surface area contributed by atoms with Crippen LogP contribution in [0.1, 0.15) is 24.5 Å². The summed E-state index contributed by atoms with van der Waals surface area (Å²) in [7, 11) is 0. The van der Waals surface area contributed by atoms with E-state index < -0.39 is 23.9 Å². The lowest BCUT2D eigenvalue weighted by Crippen LogP contribution is -2.31. The van der Waals surface area contributed by atoms with Crippen LogP contribution in [-0.2, 0) is 9.53 Å². The predicted molar refractivity (Wildman–Crippen MR) is 104 cm³/mol. The van der Waals surface area contributed by atoms with Crippen LogP contribution >= 0.6 is 0 Å². The first-order chi connectivity index (χ1) is 13.5. The van der Waals surface area contributed by atoms with Crippen LogP contribution in [0.5, 0.6) is 0 Å². The number of nitrogens with zero attached hydrogens (tertiary/aromatic N) is 1. The van der Waals surface area contributed by atoms with Crippen molar-refractivity contribution in [3.8, 4) is 0 Å². The Balaban J connectivity index is 1.75. The number of ether oxygens (including phenoxy) is 1. The van der Waals surface area contributed by atoms with Gasteiger partial charge in [-0.1, -0.05) is 66.7 Å². The van der Waals surface area contributed by atoms with Gasteiger partial charge in [0.15, 0.2) is 6.04 Å². The molecule has 2 aromatic rings. The molecule has 1 saturated carbocycles. The van der Waals surface area contributed by atoms with Crippen molar-refractivity contribution in [1.29, 1.82) is 0 Å². The smallest absolute Gasteiger partial charge is 0.331 e. The Kier molecular flexibility index (Phi) is 4.84. The number of allylic oxidation sites excluding steroid dienone is 1. The molecule has 2 aromatic carbocycles. The molecular formula is C23H21F2NO2. The molecule has 2 aliphatic rings. The number of benzene rings is 2. The Morgan fingerprint density at radius 2 is 1.68 bits per heavy atom. The van der Waals surface area contributed by atoms with Gasteiger partial charge in [0.05, 0.1) is 18.2 Å². The molecule has 2 aliphatic carbocycles. The van der Waals surface area contributed by atoms with Crippen molar-refractivity contribution in [2.45, 2.75) is 25.3 Å². The zero-order valence-corrected chi connectivity index (χ0v) is 15.5. The second-order valence-corrected chi connectivity index (χ2v) is 7.10. The minimum Gasteiger partial charge on any atom is -0.464 e. The monoisotopic (exact) mass is 381 g/mol. The van der Waals surface area contributed by atoms with E-state index in [1.807, 2.05) is 60.7 Å². The van der Waals surface area contributed by atoms with Crippen molar-refractivity contribution in [2.24, 2.45) is 16.8 Å². The molecule has 0 aromatic heterocycles. The number of fused-ring (bicyclic) bond motifs is 1. The first kappa shape index (κ1) is 18.5. The van der Waals surface area contributed by atoms with Crippen molar-refractivity contribution >= 4 is 11.7 Å². The summed E-state index contributed by atoms with van der Waals surface area (Å²) in [5.41, 5.74) is 2.53. The highest BCUT2D eigenvalue weighted by atomic mass is 19.3. The Labute approximate surface area is 162 Å². The fourth-order valence-corrected chi connectivity index (χ4v) is 3.85. The molecule has 0 aliphatic heterocycles. The molecule has 0 radical (unpaired) electrons. The number of rotatable bonds is 6. The lowest BCUT2D eigenvalue weighted by molar-refractivity contribution is -0.145. The van der Waals surface area contributed by atoms with Gasteiger partial charge in [-0.25, -0.2) is 13.6 Å². The zero-order chi connectivity index (χ0) is 19.7. The van der Waals surface area contributed by atoms with Crippen LogP contribution in [0.15, 0.2) is 77.3 Å². The van der Waals surface area contributed by atoms with Gasteiger partial charge in [-0.15, -0.1) is 0 Å². The van der Waals surface area contributed by atoms with Gasteiger partial charge in [0.1, 0.15) is 0 Å². The molecule has 4 rings (SSSR count). The quantitative estimate of drug-likeness (QED) is 0.414. The molecule has 0 bridgehead atoms. The van der Waals surface area contributed by atoms with E-state index in [0.717, 1.165) is 11.1 Å². The van der Waals surface area contributed by atoms with Gasteiger partial charge in [0, 0.05) is 22.6 Å². The SMILES string of the molecule is CCOC(=O)C(N=C(c1ccccc1)c1ccccc1)[C@@H]1C=C2[C@H](C1)C2(F)F. The molecule has 1 unspecified atom stereocenters. The Morgan fingerprint density at radius 1 is 1.11 bits per heavy atom. The molecule has 5 heteroatoms. The van der Waals surface area contributed by atoms with Gasteiger partial charge in [-0.05, 0) is 13.3 Å². The topological polar surface area (TPSA) is 38.7 Å². The molecule has 3 atom stereocenters. The maximum Gasteiger partial charge on any atom is 0.331 e. The lowest BCUT2D eigenvalue weighted by atomic mass is 9.95. The van der Waals surface area contributed by atoms with Crippen LogP contribution in [0, 0.1) is 11.8 Å². The van der Waals surface area contributed by atoms with Gasteiger partial charge < -0.3 is 4.74 Å². The summed E-state index contributed by atoms with van der Waals surface area (Å²) < 4.78 is 32.4. The third-order valence-electron chi connectivity index (χ3n) is 5.31. The first-order valence-corrected chi connectivity index (χ1v) is 9.47. The van der Waals surface area contributed by atoms with Crippen LogP contribution in [0.25, 0.3) is 0 Å². The maximum absolute atomic E-state index is 13.6. The van der Waals surface area contributed by atoms with Crippen LogP contribution in [0.2, 0.25) is 0 Å². The van der Waals surface area contributed by atoms with Crippen molar-refractivity contribution < 1.29 is 18.3 Å². The van der Waals surface area contributed by atoms with E-state index in [2.05, 4.69) is 0 Å². The van der Waals surface area contributed by atoms with Gasteiger partial charge >= 0.3 is 5.97 Å². The number of aliphatic imine (C=N–C) groups is 1. The standard InChI is InChI=1S/C23H21F2NO2/c1-2-28-22(27)21(17-13-18-19(14-17)23(18,24)25)26-20(15-9-5-3-6-10-15)16-11-7-4-8-12-16/h3-13,17,19,21H,2,14H2,1H3/t17-,19+,21?/m1/s1. The summed E-state index contributed by atoms with van der Waals surface area (Å²) in [6.45, 7) is 1.95. The zero-order valence-electron chi connectivity index (χ0n) is 15.5. The van der Waals surface area contributed by atoms with E-state index in [9.17, 15) is 13.6 Å². The number of hydrogen-bond acceptors (Lipinski definition) is 3. The lowest BCUT2D eigenvalue weighted by Gasteiger charge is -2.20. The highest BCUT2D eigenvalue weighted by Gasteiger charge is 2.66. The maximum atomic E-state index is 13.6. The molecule has 0 saturated heterocycles. The summed E-state index contributed by atoms with van der Waals surface area (Å²) in [4.78, 5) is 17.4. The summed E-state index contributed by atoms with van der Waals surface area (Å²) in [5, 5.41) is 0. The number of esters is 1. The minimum atomic E-state index is -2.71. The highest BCUT2D eigenvalue weighted by molar-refractivity contribution is 6.13.